The zero-order chi connectivity index (χ0) is 22.1. The van der Waals surface area contributed by atoms with Gasteiger partial charge in [0, 0.05) is 11.3 Å². The molecule has 0 radical (unpaired) electrons. The molecule has 0 bridgehead atoms. The minimum atomic E-state index is 0.323. The van der Waals surface area contributed by atoms with Crippen LogP contribution in [0.2, 0.25) is 0 Å². The van der Waals surface area contributed by atoms with Gasteiger partial charge in [-0.2, -0.15) is 0 Å². The van der Waals surface area contributed by atoms with Gasteiger partial charge in [-0.1, -0.05) is 90.9 Å². The first-order valence-electron chi connectivity index (χ1n) is 11.6. The third-order valence-electron chi connectivity index (χ3n) is 6.85. The summed E-state index contributed by atoms with van der Waals surface area (Å²) < 4.78 is 5.78. The zero-order valence-electron chi connectivity index (χ0n) is 19.2. The van der Waals surface area contributed by atoms with E-state index >= 15 is 0 Å². The van der Waals surface area contributed by atoms with Crippen molar-refractivity contribution >= 4 is 16.8 Å². The van der Waals surface area contributed by atoms with Crippen LogP contribution in [0.25, 0.3) is 16.8 Å². The number of rotatable bonds is 6. The van der Waals surface area contributed by atoms with Crippen molar-refractivity contribution in [3.8, 4) is 5.75 Å². The highest BCUT2D eigenvalue weighted by Gasteiger charge is 2.26. The maximum absolute atomic E-state index is 5.78. The molecular weight excluding hydrogens is 388 g/mol. The average Bonchev–Trinajstić information content (AvgIpc) is 3.21. The topological polar surface area (TPSA) is 9.23 Å². The van der Waals surface area contributed by atoms with Gasteiger partial charge in [-0.15, -0.1) is 0 Å². The van der Waals surface area contributed by atoms with Crippen molar-refractivity contribution in [3.05, 3.63) is 118 Å². The van der Waals surface area contributed by atoms with Gasteiger partial charge in [0.1, 0.15) is 5.75 Å². The average molecular weight is 419 g/mol. The van der Waals surface area contributed by atoms with Crippen LogP contribution in [0.4, 0.5) is 0 Å². The van der Waals surface area contributed by atoms with E-state index in [2.05, 4.69) is 98.8 Å². The molecular formula is C31H30O. The van der Waals surface area contributed by atoms with Gasteiger partial charge in [-0.05, 0) is 71.5 Å². The molecule has 0 aliphatic heterocycles. The monoisotopic (exact) mass is 418 g/mol. The molecule has 1 unspecified atom stereocenters. The molecule has 1 heteroatoms. The van der Waals surface area contributed by atoms with E-state index in [4.69, 9.17) is 4.74 Å². The van der Waals surface area contributed by atoms with E-state index in [1.54, 1.807) is 7.11 Å². The molecule has 32 heavy (non-hydrogen) atoms. The lowest BCUT2D eigenvalue weighted by Gasteiger charge is -2.20. The normalized spacial score (nSPS) is 15.0. The predicted molar refractivity (Wildman–Crippen MR) is 136 cm³/mol. The number of aryl methyl sites for hydroxylation is 3. The van der Waals surface area contributed by atoms with Crippen molar-refractivity contribution < 1.29 is 4.74 Å². The Hall–Kier alpha value is -3.32. The molecule has 0 N–H and O–H groups in total. The van der Waals surface area contributed by atoms with Gasteiger partial charge < -0.3 is 4.74 Å². The van der Waals surface area contributed by atoms with E-state index in [-0.39, 0.29) is 0 Å². The Morgan fingerprint density at radius 3 is 2.41 bits per heavy atom. The van der Waals surface area contributed by atoms with Gasteiger partial charge in [0.15, 0.2) is 0 Å². The highest BCUT2D eigenvalue weighted by atomic mass is 16.5. The van der Waals surface area contributed by atoms with Gasteiger partial charge in [0.05, 0.1) is 7.11 Å². The van der Waals surface area contributed by atoms with Crippen molar-refractivity contribution in [2.24, 2.45) is 0 Å². The first-order valence-corrected chi connectivity index (χ1v) is 11.6. The van der Waals surface area contributed by atoms with Crippen molar-refractivity contribution in [2.45, 2.75) is 39.0 Å². The van der Waals surface area contributed by atoms with E-state index < -0.39 is 0 Å². The summed E-state index contributed by atoms with van der Waals surface area (Å²) in [4.78, 5) is 0. The number of hydrogen-bond donors (Lipinski definition) is 0. The van der Waals surface area contributed by atoms with Gasteiger partial charge in [-0.3, -0.25) is 0 Å². The van der Waals surface area contributed by atoms with E-state index in [9.17, 15) is 0 Å². The van der Waals surface area contributed by atoms with Crippen LogP contribution >= 0.6 is 0 Å². The first kappa shape index (κ1) is 20.6. The van der Waals surface area contributed by atoms with Crippen LogP contribution in [0.1, 0.15) is 52.6 Å². The summed E-state index contributed by atoms with van der Waals surface area (Å²) in [6.45, 7) is 4.41. The lowest BCUT2D eigenvalue weighted by molar-refractivity contribution is 0.420. The number of fused-ring (bicyclic) bond motifs is 2. The summed E-state index contributed by atoms with van der Waals surface area (Å²) in [5.74, 6) is 1.28. The van der Waals surface area contributed by atoms with Gasteiger partial charge in [0.2, 0.25) is 0 Å². The number of ether oxygens (including phenoxy) is 1. The lowest BCUT2D eigenvalue weighted by atomic mass is 9.84. The largest absolute Gasteiger partial charge is 0.496 e. The second kappa shape index (κ2) is 8.67. The summed E-state index contributed by atoms with van der Waals surface area (Å²) >= 11 is 0. The van der Waals surface area contributed by atoms with E-state index in [1.165, 1.54) is 49.7 Å². The summed E-state index contributed by atoms with van der Waals surface area (Å²) in [7, 11) is 1.77. The van der Waals surface area contributed by atoms with E-state index in [1.807, 2.05) is 0 Å². The van der Waals surface area contributed by atoms with Crippen molar-refractivity contribution in [2.75, 3.05) is 7.11 Å². The number of hydrogen-bond acceptors (Lipinski definition) is 1. The minimum Gasteiger partial charge on any atom is -0.496 e. The fourth-order valence-electron chi connectivity index (χ4n) is 5.13. The molecule has 0 saturated carbocycles. The maximum atomic E-state index is 5.78. The fraction of sp³-hybridized carbons (Fsp3) is 0.226. The quantitative estimate of drug-likeness (QED) is 0.309. The van der Waals surface area contributed by atoms with Gasteiger partial charge in [0.25, 0.3) is 0 Å². The van der Waals surface area contributed by atoms with Crippen LogP contribution in [0.15, 0.2) is 84.4 Å². The molecule has 1 atom stereocenters. The Morgan fingerprint density at radius 1 is 0.812 bits per heavy atom. The molecule has 0 aromatic heterocycles. The standard InChI is InChI=1S/C31H30O/c1-4-23-18-24-8-5-6-9-28(24)31(23)26-19-25(17-16-22-14-12-21(2)13-15-22)27-10-7-11-30(32-3)29(27)20-26/h5-15,18-20,31H,4,16-17H2,1-3H3. The Bertz CT molecular complexity index is 1290. The molecule has 0 spiro atoms. The summed E-state index contributed by atoms with van der Waals surface area (Å²) in [6.07, 6.45) is 5.49. The highest BCUT2D eigenvalue weighted by molar-refractivity contribution is 5.92. The minimum absolute atomic E-state index is 0.323. The van der Waals surface area contributed by atoms with Crippen molar-refractivity contribution in [1.82, 2.24) is 0 Å². The molecule has 160 valence electrons. The Balaban J connectivity index is 1.62. The number of methoxy groups -OCH3 is 1. The van der Waals surface area contributed by atoms with E-state index in [0.717, 1.165) is 25.0 Å². The third-order valence-corrected chi connectivity index (χ3v) is 6.85. The van der Waals surface area contributed by atoms with Crippen LogP contribution in [0, 0.1) is 6.92 Å². The van der Waals surface area contributed by atoms with Crippen molar-refractivity contribution in [1.29, 1.82) is 0 Å². The Labute approximate surface area is 191 Å². The highest BCUT2D eigenvalue weighted by Crippen LogP contribution is 2.44. The Kier molecular flexibility index (Phi) is 5.57. The molecule has 5 rings (SSSR count). The molecule has 0 heterocycles. The SMILES string of the molecule is CCC1=Cc2ccccc2C1c1cc(CCc2ccc(C)cc2)c2cccc(OC)c2c1. The molecule has 4 aromatic carbocycles. The second-order valence-electron chi connectivity index (χ2n) is 8.86. The first-order chi connectivity index (χ1) is 15.7. The van der Waals surface area contributed by atoms with Crippen LogP contribution in [0.5, 0.6) is 5.75 Å². The van der Waals surface area contributed by atoms with Gasteiger partial charge in [-0.25, -0.2) is 0 Å². The predicted octanol–water partition coefficient (Wildman–Crippen LogP) is 7.88. The Morgan fingerprint density at radius 2 is 1.62 bits per heavy atom. The van der Waals surface area contributed by atoms with Crippen LogP contribution in [-0.2, 0) is 12.8 Å². The smallest absolute Gasteiger partial charge is 0.126 e. The third kappa shape index (κ3) is 3.73. The number of allylic oxidation sites excluding steroid dienone is 1. The second-order valence-corrected chi connectivity index (χ2v) is 8.86. The fourth-order valence-corrected chi connectivity index (χ4v) is 5.13. The molecule has 1 aliphatic rings. The van der Waals surface area contributed by atoms with Gasteiger partial charge >= 0.3 is 0 Å². The van der Waals surface area contributed by atoms with Crippen LogP contribution in [-0.4, -0.2) is 7.11 Å². The van der Waals surface area contributed by atoms with Crippen LogP contribution < -0.4 is 4.74 Å². The summed E-state index contributed by atoms with van der Waals surface area (Å²) in [5.41, 5.74) is 9.74. The van der Waals surface area contributed by atoms with Crippen molar-refractivity contribution in [3.63, 3.8) is 0 Å². The molecule has 1 aliphatic carbocycles. The molecule has 0 fully saturated rings. The summed E-state index contributed by atoms with van der Waals surface area (Å²) in [5, 5.41) is 2.51. The van der Waals surface area contributed by atoms with E-state index in [0.29, 0.717) is 5.92 Å². The molecule has 0 amide bonds. The zero-order valence-corrected chi connectivity index (χ0v) is 19.2. The molecule has 1 nitrogen and oxygen atoms in total. The lowest BCUT2D eigenvalue weighted by Crippen LogP contribution is -2.04. The summed E-state index contributed by atoms with van der Waals surface area (Å²) in [6, 6.07) is 29.0. The maximum Gasteiger partial charge on any atom is 0.126 e. The number of benzene rings is 4. The molecule has 4 aromatic rings. The van der Waals surface area contributed by atoms with Crippen LogP contribution in [0.3, 0.4) is 0 Å². The molecule has 0 saturated heterocycles.